The quantitative estimate of drug-likeness (QED) is 0.690. The highest BCUT2D eigenvalue weighted by molar-refractivity contribution is 5.00. The van der Waals surface area contributed by atoms with Gasteiger partial charge in [-0.15, -0.1) is 0 Å². The van der Waals surface area contributed by atoms with E-state index < -0.39 is 0 Å². The molecule has 1 N–H and O–H groups in total. The lowest BCUT2D eigenvalue weighted by molar-refractivity contribution is 0.157. The van der Waals surface area contributed by atoms with Crippen LogP contribution < -0.4 is 5.32 Å². The molecule has 1 saturated carbocycles. The SMILES string of the molecule is CC1CCN(C2(C)CC2)CCC(C)N1. The topological polar surface area (TPSA) is 15.3 Å². The second kappa shape index (κ2) is 3.82. The van der Waals surface area contributed by atoms with Gasteiger partial charge in [-0.1, -0.05) is 0 Å². The van der Waals surface area contributed by atoms with Crippen LogP contribution in [0.1, 0.15) is 46.5 Å². The molecule has 0 aromatic rings. The lowest BCUT2D eigenvalue weighted by atomic mass is 10.1. The Morgan fingerprint density at radius 2 is 1.57 bits per heavy atom. The highest BCUT2D eigenvalue weighted by Crippen LogP contribution is 2.41. The summed E-state index contributed by atoms with van der Waals surface area (Å²) in [4.78, 5) is 2.72. The van der Waals surface area contributed by atoms with Crippen molar-refractivity contribution in [1.29, 1.82) is 0 Å². The Balaban J connectivity index is 1.92. The third-order valence-electron chi connectivity index (χ3n) is 3.97. The van der Waals surface area contributed by atoms with Crippen molar-refractivity contribution in [3.63, 3.8) is 0 Å². The molecule has 2 fully saturated rings. The normalized spacial score (nSPS) is 38.8. The van der Waals surface area contributed by atoms with Gasteiger partial charge in [-0.05, 0) is 46.5 Å². The van der Waals surface area contributed by atoms with Crippen LogP contribution in [-0.2, 0) is 0 Å². The van der Waals surface area contributed by atoms with Gasteiger partial charge in [-0.2, -0.15) is 0 Å². The molecule has 1 aliphatic carbocycles. The van der Waals surface area contributed by atoms with Gasteiger partial charge < -0.3 is 5.32 Å². The van der Waals surface area contributed by atoms with Crippen molar-refractivity contribution < 1.29 is 0 Å². The van der Waals surface area contributed by atoms with Gasteiger partial charge in [0, 0.05) is 30.7 Å². The summed E-state index contributed by atoms with van der Waals surface area (Å²) in [6.45, 7) is 9.64. The summed E-state index contributed by atoms with van der Waals surface area (Å²) < 4.78 is 0. The van der Waals surface area contributed by atoms with Gasteiger partial charge in [-0.3, -0.25) is 4.90 Å². The Labute approximate surface area is 88.1 Å². The van der Waals surface area contributed by atoms with E-state index in [1.54, 1.807) is 0 Å². The molecule has 14 heavy (non-hydrogen) atoms. The van der Waals surface area contributed by atoms with Crippen LogP contribution in [0.5, 0.6) is 0 Å². The molecular weight excluding hydrogens is 172 g/mol. The Bertz CT molecular complexity index is 186. The second-order valence-corrected chi connectivity index (χ2v) is 5.53. The summed E-state index contributed by atoms with van der Waals surface area (Å²) in [5.41, 5.74) is 0.580. The Hall–Kier alpha value is -0.0800. The first-order valence-electron chi connectivity index (χ1n) is 6.11. The van der Waals surface area contributed by atoms with Crippen molar-refractivity contribution in [2.45, 2.75) is 64.1 Å². The number of hydrogen-bond acceptors (Lipinski definition) is 2. The van der Waals surface area contributed by atoms with Crippen molar-refractivity contribution >= 4 is 0 Å². The molecule has 2 atom stereocenters. The van der Waals surface area contributed by atoms with E-state index in [0.29, 0.717) is 17.6 Å². The molecule has 1 saturated heterocycles. The molecule has 1 heterocycles. The van der Waals surface area contributed by atoms with E-state index in [9.17, 15) is 0 Å². The molecule has 1 aliphatic heterocycles. The maximum Gasteiger partial charge on any atom is 0.0182 e. The predicted octanol–water partition coefficient (Wildman–Crippen LogP) is 2.00. The van der Waals surface area contributed by atoms with E-state index >= 15 is 0 Å². The molecule has 0 aromatic heterocycles. The van der Waals surface area contributed by atoms with Crippen molar-refractivity contribution in [3.05, 3.63) is 0 Å². The van der Waals surface area contributed by atoms with E-state index in [1.807, 2.05) is 0 Å². The van der Waals surface area contributed by atoms with Crippen molar-refractivity contribution in [1.82, 2.24) is 10.2 Å². The Morgan fingerprint density at radius 3 is 2.00 bits per heavy atom. The standard InChI is InChI=1S/C12H24N2/c1-10-4-8-14(12(3)6-7-12)9-5-11(2)13-10/h10-11,13H,4-9H2,1-3H3. The number of rotatable bonds is 1. The van der Waals surface area contributed by atoms with Gasteiger partial charge in [0.15, 0.2) is 0 Å². The van der Waals surface area contributed by atoms with Crippen LogP contribution in [0.4, 0.5) is 0 Å². The van der Waals surface area contributed by atoms with E-state index in [-0.39, 0.29) is 0 Å². The first kappa shape index (κ1) is 10.4. The smallest absolute Gasteiger partial charge is 0.0182 e. The number of hydrogen-bond donors (Lipinski definition) is 1. The van der Waals surface area contributed by atoms with Gasteiger partial charge in [0.25, 0.3) is 0 Å². The molecular formula is C12H24N2. The summed E-state index contributed by atoms with van der Waals surface area (Å²) in [7, 11) is 0. The van der Waals surface area contributed by atoms with Crippen molar-refractivity contribution in [2.24, 2.45) is 0 Å². The van der Waals surface area contributed by atoms with E-state index in [0.717, 1.165) is 0 Å². The first-order valence-corrected chi connectivity index (χ1v) is 6.11. The zero-order valence-electron chi connectivity index (χ0n) is 9.84. The van der Waals surface area contributed by atoms with Crippen LogP contribution in [0.15, 0.2) is 0 Å². The maximum absolute atomic E-state index is 3.65. The monoisotopic (exact) mass is 196 g/mol. The predicted molar refractivity (Wildman–Crippen MR) is 60.5 cm³/mol. The fourth-order valence-electron chi connectivity index (χ4n) is 2.50. The van der Waals surface area contributed by atoms with E-state index in [4.69, 9.17) is 0 Å². The van der Waals surface area contributed by atoms with Gasteiger partial charge in [0.2, 0.25) is 0 Å². The van der Waals surface area contributed by atoms with Crippen LogP contribution in [0.3, 0.4) is 0 Å². The molecule has 82 valence electrons. The summed E-state index contributed by atoms with van der Waals surface area (Å²) in [6, 6.07) is 1.38. The molecule has 2 unspecified atom stereocenters. The van der Waals surface area contributed by atoms with Crippen LogP contribution in [0, 0.1) is 0 Å². The highest BCUT2D eigenvalue weighted by atomic mass is 15.2. The third kappa shape index (κ3) is 2.29. The zero-order chi connectivity index (χ0) is 10.2. The van der Waals surface area contributed by atoms with Crippen molar-refractivity contribution in [2.75, 3.05) is 13.1 Å². The number of nitrogens with zero attached hydrogens (tertiary/aromatic N) is 1. The molecule has 0 radical (unpaired) electrons. The number of nitrogens with one attached hydrogen (secondary N) is 1. The van der Waals surface area contributed by atoms with Crippen LogP contribution in [0.2, 0.25) is 0 Å². The summed E-state index contributed by atoms with van der Waals surface area (Å²) in [6.07, 6.45) is 5.45. The summed E-state index contributed by atoms with van der Waals surface area (Å²) >= 11 is 0. The molecule has 0 aromatic carbocycles. The second-order valence-electron chi connectivity index (χ2n) is 5.53. The zero-order valence-corrected chi connectivity index (χ0v) is 9.84. The minimum Gasteiger partial charge on any atom is -0.312 e. The average molecular weight is 196 g/mol. The lowest BCUT2D eigenvalue weighted by Gasteiger charge is -2.34. The minimum absolute atomic E-state index is 0.580. The van der Waals surface area contributed by atoms with Gasteiger partial charge >= 0.3 is 0 Å². The van der Waals surface area contributed by atoms with Gasteiger partial charge in [-0.25, -0.2) is 0 Å². The maximum atomic E-state index is 3.65. The molecule has 0 spiro atoms. The van der Waals surface area contributed by atoms with Crippen LogP contribution >= 0.6 is 0 Å². The molecule has 2 rings (SSSR count). The summed E-state index contributed by atoms with van der Waals surface area (Å²) in [5, 5.41) is 3.65. The Morgan fingerprint density at radius 1 is 1.07 bits per heavy atom. The third-order valence-corrected chi connectivity index (χ3v) is 3.97. The van der Waals surface area contributed by atoms with E-state index in [1.165, 1.54) is 38.8 Å². The van der Waals surface area contributed by atoms with Gasteiger partial charge in [0.05, 0.1) is 0 Å². The molecule has 0 bridgehead atoms. The minimum atomic E-state index is 0.580. The van der Waals surface area contributed by atoms with Crippen LogP contribution in [-0.4, -0.2) is 35.6 Å². The summed E-state index contributed by atoms with van der Waals surface area (Å²) in [5.74, 6) is 0. The highest BCUT2D eigenvalue weighted by Gasteiger charge is 2.42. The average Bonchev–Trinajstić information content (AvgIpc) is 2.81. The van der Waals surface area contributed by atoms with Crippen LogP contribution in [0.25, 0.3) is 0 Å². The Kier molecular flexibility index (Phi) is 2.85. The fraction of sp³-hybridized carbons (Fsp3) is 1.00. The van der Waals surface area contributed by atoms with Crippen molar-refractivity contribution in [3.8, 4) is 0 Å². The molecule has 2 heteroatoms. The first-order chi connectivity index (χ1) is 6.60. The molecule has 0 amide bonds. The largest absolute Gasteiger partial charge is 0.312 e. The van der Waals surface area contributed by atoms with E-state index in [2.05, 4.69) is 31.0 Å². The molecule has 2 nitrogen and oxygen atoms in total. The lowest BCUT2D eigenvalue weighted by Crippen LogP contribution is -2.46. The van der Waals surface area contributed by atoms with Gasteiger partial charge in [0.1, 0.15) is 0 Å². The molecule has 2 aliphatic rings. The fourth-order valence-corrected chi connectivity index (χ4v) is 2.50.